The molecule has 0 amide bonds. The molecule has 0 radical (unpaired) electrons. The number of anilines is 1. The van der Waals surface area contributed by atoms with Gasteiger partial charge in [-0.15, -0.1) is 0 Å². The maximum atomic E-state index is 5.92. The molecule has 0 unspecified atom stereocenters. The van der Waals surface area contributed by atoms with Gasteiger partial charge in [0.2, 0.25) is 5.95 Å². The summed E-state index contributed by atoms with van der Waals surface area (Å²) in [5.74, 6) is 1.09. The maximum absolute atomic E-state index is 5.92. The zero-order valence-electron chi connectivity index (χ0n) is 15.9. The molecule has 4 heterocycles. The third kappa shape index (κ3) is 3.69. The second-order valence-corrected chi connectivity index (χ2v) is 7.82. The Hall–Kier alpha value is -1.67. The molecule has 27 heavy (non-hydrogen) atoms. The van der Waals surface area contributed by atoms with E-state index in [1.807, 2.05) is 0 Å². The van der Waals surface area contributed by atoms with Crippen LogP contribution in [0.2, 0.25) is 0 Å². The van der Waals surface area contributed by atoms with Gasteiger partial charge in [-0.1, -0.05) is 12.1 Å². The molecule has 7 heteroatoms. The predicted octanol–water partition coefficient (Wildman–Crippen LogP) is 1.58. The standard InChI is InChI=1S/C20H29N5O2/c1-2-6-19-18(5-1)21-20-24(14-17-4-3-11-27-17)15-23(16-25(19)20)8-7-22-9-12-26-13-10-22/h1-2,5-6,17H,3-4,7-16H2/t17-/m0/s1. The Kier molecular flexibility index (Phi) is 5.00. The zero-order valence-corrected chi connectivity index (χ0v) is 15.9. The fraction of sp³-hybridized carbons (Fsp3) is 0.650. The molecule has 0 saturated carbocycles. The molecule has 1 atom stereocenters. The van der Waals surface area contributed by atoms with Crippen LogP contribution in [0.3, 0.4) is 0 Å². The Labute approximate surface area is 160 Å². The Balaban J connectivity index is 1.35. The average molecular weight is 371 g/mol. The van der Waals surface area contributed by atoms with Crippen molar-refractivity contribution in [2.45, 2.75) is 25.6 Å². The van der Waals surface area contributed by atoms with Crippen LogP contribution in [0, 0.1) is 0 Å². The van der Waals surface area contributed by atoms with Crippen molar-refractivity contribution in [2.24, 2.45) is 0 Å². The molecule has 0 aliphatic carbocycles. The van der Waals surface area contributed by atoms with Gasteiger partial charge in [0.1, 0.15) is 0 Å². The summed E-state index contributed by atoms with van der Waals surface area (Å²) < 4.78 is 13.8. The van der Waals surface area contributed by atoms with Crippen molar-refractivity contribution in [1.29, 1.82) is 0 Å². The fourth-order valence-electron chi connectivity index (χ4n) is 4.42. The van der Waals surface area contributed by atoms with E-state index in [4.69, 9.17) is 14.5 Å². The third-order valence-electron chi connectivity index (χ3n) is 5.91. The van der Waals surface area contributed by atoms with Gasteiger partial charge in [0.05, 0.1) is 43.7 Å². The summed E-state index contributed by atoms with van der Waals surface area (Å²) in [5.41, 5.74) is 2.31. The first-order chi connectivity index (χ1) is 13.4. The third-order valence-corrected chi connectivity index (χ3v) is 5.91. The van der Waals surface area contributed by atoms with E-state index < -0.39 is 0 Å². The van der Waals surface area contributed by atoms with E-state index in [2.05, 4.69) is 43.5 Å². The number of nitrogens with zero attached hydrogens (tertiary/aromatic N) is 5. The number of morpholine rings is 1. The number of hydrogen-bond donors (Lipinski definition) is 0. The van der Waals surface area contributed by atoms with Gasteiger partial charge in [-0.3, -0.25) is 14.4 Å². The Bertz CT molecular complexity index is 767. The molecule has 2 aromatic rings. The lowest BCUT2D eigenvalue weighted by atomic mass is 10.2. The molecule has 3 aliphatic rings. The molecular formula is C20H29N5O2. The van der Waals surface area contributed by atoms with Crippen LogP contribution in [0.1, 0.15) is 12.8 Å². The molecule has 3 aliphatic heterocycles. The van der Waals surface area contributed by atoms with Crippen LogP contribution in [0.25, 0.3) is 11.0 Å². The SMILES string of the molecule is c1ccc2c(c1)nc1n2CN(CCN2CCOCC2)CN1C[C@@H]1CCCO1. The van der Waals surface area contributed by atoms with E-state index in [1.54, 1.807) is 0 Å². The lowest BCUT2D eigenvalue weighted by Crippen LogP contribution is -2.50. The van der Waals surface area contributed by atoms with Gasteiger partial charge in [-0.2, -0.15) is 0 Å². The average Bonchev–Trinajstić information content (AvgIpc) is 3.35. The van der Waals surface area contributed by atoms with Crippen molar-refractivity contribution in [1.82, 2.24) is 19.4 Å². The number of aromatic nitrogens is 2. The van der Waals surface area contributed by atoms with Gasteiger partial charge >= 0.3 is 0 Å². The van der Waals surface area contributed by atoms with Crippen LogP contribution < -0.4 is 4.90 Å². The molecule has 146 valence electrons. The van der Waals surface area contributed by atoms with Crippen LogP contribution in [0.5, 0.6) is 0 Å². The Morgan fingerprint density at radius 3 is 2.70 bits per heavy atom. The largest absolute Gasteiger partial charge is 0.379 e. The smallest absolute Gasteiger partial charge is 0.208 e. The number of rotatable bonds is 5. The molecule has 2 fully saturated rings. The molecule has 0 spiro atoms. The van der Waals surface area contributed by atoms with Gasteiger partial charge in [0.15, 0.2) is 0 Å². The second kappa shape index (κ2) is 7.75. The number of imidazole rings is 1. The summed E-state index contributed by atoms with van der Waals surface area (Å²) in [7, 11) is 0. The highest BCUT2D eigenvalue weighted by molar-refractivity contribution is 5.79. The molecule has 0 bridgehead atoms. The van der Waals surface area contributed by atoms with Crippen LogP contribution in [-0.2, 0) is 16.1 Å². The Morgan fingerprint density at radius 2 is 1.85 bits per heavy atom. The molecule has 0 N–H and O–H groups in total. The molecular weight excluding hydrogens is 342 g/mol. The number of para-hydroxylation sites is 2. The summed E-state index contributed by atoms with van der Waals surface area (Å²) in [4.78, 5) is 12.4. The van der Waals surface area contributed by atoms with Crippen LogP contribution >= 0.6 is 0 Å². The van der Waals surface area contributed by atoms with Crippen molar-refractivity contribution in [3.63, 3.8) is 0 Å². The van der Waals surface area contributed by atoms with E-state index in [1.165, 1.54) is 11.9 Å². The molecule has 5 rings (SSSR count). The van der Waals surface area contributed by atoms with Gasteiger partial charge in [0, 0.05) is 39.3 Å². The first-order valence-electron chi connectivity index (χ1n) is 10.2. The lowest BCUT2D eigenvalue weighted by Gasteiger charge is -2.39. The first kappa shape index (κ1) is 17.4. The summed E-state index contributed by atoms with van der Waals surface area (Å²) in [5, 5.41) is 0. The minimum atomic E-state index is 0.331. The summed E-state index contributed by atoms with van der Waals surface area (Å²) >= 11 is 0. The fourth-order valence-corrected chi connectivity index (χ4v) is 4.42. The van der Waals surface area contributed by atoms with Crippen LogP contribution in [0.15, 0.2) is 24.3 Å². The summed E-state index contributed by atoms with van der Waals surface area (Å²) in [6.07, 6.45) is 2.66. The van der Waals surface area contributed by atoms with E-state index in [9.17, 15) is 0 Å². The normalized spacial score (nSPS) is 24.6. The van der Waals surface area contributed by atoms with Crippen molar-refractivity contribution >= 4 is 17.0 Å². The summed E-state index contributed by atoms with van der Waals surface area (Å²) in [6, 6.07) is 8.47. The van der Waals surface area contributed by atoms with Crippen LogP contribution in [-0.4, -0.2) is 84.7 Å². The topological polar surface area (TPSA) is 46.0 Å². The van der Waals surface area contributed by atoms with Crippen LogP contribution in [0.4, 0.5) is 5.95 Å². The summed E-state index contributed by atoms with van der Waals surface area (Å²) in [6.45, 7) is 9.64. The quantitative estimate of drug-likeness (QED) is 0.795. The van der Waals surface area contributed by atoms with Gasteiger partial charge < -0.3 is 14.4 Å². The Morgan fingerprint density at radius 1 is 1.00 bits per heavy atom. The molecule has 2 saturated heterocycles. The molecule has 1 aromatic heterocycles. The van der Waals surface area contributed by atoms with Gasteiger partial charge in [0.25, 0.3) is 0 Å². The minimum absolute atomic E-state index is 0.331. The predicted molar refractivity (Wildman–Crippen MR) is 105 cm³/mol. The number of ether oxygens (including phenoxy) is 2. The van der Waals surface area contributed by atoms with E-state index in [-0.39, 0.29) is 0 Å². The van der Waals surface area contributed by atoms with Crippen molar-refractivity contribution in [2.75, 3.05) is 64.1 Å². The molecule has 1 aromatic carbocycles. The number of hydrogen-bond acceptors (Lipinski definition) is 6. The highest BCUT2D eigenvalue weighted by Crippen LogP contribution is 2.28. The van der Waals surface area contributed by atoms with Crippen molar-refractivity contribution in [3.05, 3.63) is 24.3 Å². The zero-order chi connectivity index (χ0) is 18.1. The van der Waals surface area contributed by atoms with E-state index in [0.29, 0.717) is 6.10 Å². The monoisotopic (exact) mass is 371 g/mol. The van der Waals surface area contributed by atoms with Gasteiger partial charge in [-0.25, -0.2) is 4.98 Å². The highest BCUT2D eigenvalue weighted by atomic mass is 16.5. The van der Waals surface area contributed by atoms with Crippen molar-refractivity contribution < 1.29 is 9.47 Å². The van der Waals surface area contributed by atoms with Gasteiger partial charge in [-0.05, 0) is 25.0 Å². The van der Waals surface area contributed by atoms with E-state index >= 15 is 0 Å². The number of fused-ring (bicyclic) bond motifs is 3. The maximum Gasteiger partial charge on any atom is 0.208 e. The second-order valence-electron chi connectivity index (χ2n) is 7.82. The lowest BCUT2D eigenvalue weighted by molar-refractivity contribution is 0.0306. The number of benzene rings is 1. The van der Waals surface area contributed by atoms with E-state index in [0.717, 1.165) is 83.8 Å². The first-order valence-corrected chi connectivity index (χ1v) is 10.2. The van der Waals surface area contributed by atoms with Crippen molar-refractivity contribution in [3.8, 4) is 0 Å². The minimum Gasteiger partial charge on any atom is -0.379 e. The molecule has 7 nitrogen and oxygen atoms in total. The highest BCUT2D eigenvalue weighted by Gasteiger charge is 2.29.